The summed E-state index contributed by atoms with van der Waals surface area (Å²) in [6.45, 7) is 0. The zero-order valence-electron chi connectivity index (χ0n) is 16.5. The molecule has 0 atom stereocenters. The van der Waals surface area contributed by atoms with Crippen LogP contribution >= 0.6 is 11.6 Å². The van der Waals surface area contributed by atoms with E-state index in [1.54, 1.807) is 31.5 Å². The van der Waals surface area contributed by atoms with Crippen LogP contribution in [0.5, 0.6) is 11.5 Å². The van der Waals surface area contributed by atoms with E-state index in [2.05, 4.69) is 10.5 Å². The molecule has 0 aromatic heterocycles. The molecule has 0 aliphatic carbocycles. The van der Waals surface area contributed by atoms with Crippen LogP contribution in [0.4, 0.5) is 0 Å². The van der Waals surface area contributed by atoms with Crippen LogP contribution in [0.1, 0.15) is 15.9 Å². The molecule has 0 fully saturated rings. The highest BCUT2D eigenvalue weighted by atomic mass is 35.5. The monoisotopic (exact) mass is 418 g/mol. The Bertz CT molecular complexity index is 1230. The van der Waals surface area contributed by atoms with Gasteiger partial charge in [-0.3, -0.25) is 4.79 Å². The van der Waals surface area contributed by atoms with Gasteiger partial charge in [-0.25, -0.2) is 5.43 Å². The molecule has 0 bridgehead atoms. The molecule has 4 aromatic carbocycles. The molecule has 150 valence electrons. The highest BCUT2D eigenvalue weighted by Crippen LogP contribution is 2.35. The SMILES string of the molecule is COc1ccc(C(=O)N/N=C\c2c3ccccc3c(Cl)c3ccccc23)cc1OC. The number of hydrogen-bond donors (Lipinski definition) is 1. The number of nitrogens with one attached hydrogen (secondary N) is 1. The van der Waals surface area contributed by atoms with Crippen LogP contribution < -0.4 is 14.9 Å². The Morgan fingerprint density at radius 2 is 1.43 bits per heavy atom. The lowest BCUT2D eigenvalue weighted by Crippen LogP contribution is -2.17. The summed E-state index contributed by atoms with van der Waals surface area (Å²) in [7, 11) is 3.07. The van der Waals surface area contributed by atoms with Crippen molar-refractivity contribution in [3.8, 4) is 11.5 Å². The number of methoxy groups -OCH3 is 2. The van der Waals surface area contributed by atoms with Crippen LogP contribution in [0.2, 0.25) is 5.02 Å². The third-order valence-corrected chi connectivity index (χ3v) is 5.32. The van der Waals surface area contributed by atoms with E-state index in [0.29, 0.717) is 22.1 Å². The highest BCUT2D eigenvalue weighted by Gasteiger charge is 2.12. The van der Waals surface area contributed by atoms with Crippen LogP contribution in [0.25, 0.3) is 21.5 Å². The maximum atomic E-state index is 12.5. The summed E-state index contributed by atoms with van der Waals surface area (Å²) in [5.74, 6) is 0.676. The van der Waals surface area contributed by atoms with E-state index >= 15 is 0 Å². The Morgan fingerprint density at radius 3 is 2.00 bits per heavy atom. The molecule has 0 radical (unpaired) electrons. The Labute approximate surface area is 178 Å². The predicted octanol–water partition coefficient (Wildman–Crippen LogP) is 5.43. The minimum Gasteiger partial charge on any atom is -0.493 e. The van der Waals surface area contributed by atoms with E-state index in [-0.39, 0.29) is 5.91 Å². The first-order valence-electron chi connectivity index (χ1n) is 9.28. The lowest BCUT2D eigenvalue weighted by atomic mass is 9.97. The Balaban J connectivity index is 1.69. The van der Waals surface area contributed by atoms with Crippen LogP contribution in [-0.2, 0) is 0 Å². The fourth-order valence-electron chi connectivity index (χ4n) is 3.45. The van der Waals surface area contributed by atoms with Gasteiger partial charge in [0.25, 0.3) is 5.91 Å². The molecule has 0 aliphatic rings. The summed E-state index contributed by atoms with van der Waals surface area (Å²) >= 11 is 6.63. The number of halogens is 1. The average Bonchev–Trinajstić information content (AvgIpc) is 2.80. The van der Waals surface area contributed by atoms with Crippen LogP contribution in [0, 0.1) is 0 Å². The van der Waals surface area contributed by atoms with Crippen molar-refractivity contribution in [3.63, 3.8) is 0 Å². The van der Waals surface area contributed by atoms with Crippen molar-refractivity contribution in [3.05, 3.63) is 82.9 Å². The van der Waals surface area contributed by atoms with Gasteiger partial charge in [-0.05, 0) is 29.0 Å². The van der Waals surface area contributed by atoms with Crippen molar-refractivity contribution in [1.82, 2.24) is 5.43 Å². The number of carbonyl (C=O) groups excluding carboxylic acids is 1. The normalized spacial score (nSPS) is 11.2. The molecule has 0 aliphatic heterocycles. The lowest BCUT2D eigenvalue weighted by molar-refractivity contribution is 0.0954. The second-order valence-corrected chi connectivity index (χ2v) is 6.97. The number of carbonyl (C=O) groups is 1. The second-order valence-electron chi connectivity index (χ2n) is 6.59. The van der Waals surface area contributed by atoms with Crippen LogP contribution in [-0.4, -0.2) is 26.3 Å². The fourth-order valence-corrected chi connectivity index (χ4v) is 3.78. The summed E-state index contributed by atoms with van der Waals surface area (Å²) in [5.41, 5.74) is 3.88. The summed E-state index contributed by atoms with van der Waals surface area (Å²) in [5, 5.41) is 8.71. The number of benzene rings is 4. The quantitative estimate of drug-likeness (QED) is 0.267. The highest BCUT2D eigenvalue weighted by molar-refractivity contribution is 6.42. The van der Waals surface area contributed by atoms with Gasteiger partial charge >= 0.3 is 0 Å². The zero-order chi connectivity index (χ0) is 21.1. The third-order valence-electron chi connectivity index (χ3n) is 4.91. The van der Waals surface area contributed by atoms with Gasteiger partial charge in [-0.2, -0.15) is 5.10 Å². The molecule has 0 heterocycles. The molecule has 5 nitrogen and oxygen atoms in total. The van der Waals surface area contributed by atoms with E-state index in [1.165, 1.54) is 7.11 Å². The molecule has 0 saturated heterocycles. The molecular weight excluding hydrogens is 400 g/mol. The van der Waals surface area contributed by atoms with Crippen molar-refractivity contribution in [2.24, 2.45) is 5.10 Å². The molecule has 0 saturated carbocycles. The predicted molar refractivity (Wildman–Crippen MR) is 121 cm³/mol. The average molecular weight is 419 g/mol. The van der Waals surface area contributed by atoms with Gasteiger partial charge < -0.3 is 9.47 Å². The van der Waals surface area contributed by atoms with E-state index in [0.717, 1.165) is 27.1 Å². The first kappa shape index (κ1) is 19.7. The van der Waals surface area contributed by atoms with Crippen LogP contribution in [0.15, 0.2) is 71.8 Å². The molecule has 1 amide bonds. The molecule has 4 aromatic rings. The van der Waals surface area contributed by atoms with E-state index in [4.69, 9.17) is 21.1 Å². The van der Waals surface area contributed by atoms with Gasteiger partial charge in [0.15, 0.2) is 11.5 Å². The Kier molecular flexibility index (Phi) is 5.55. The van der Waals surface area contributed by atoms with Gasteiger partial charge in [0.2, 0.25) is 0 Å². The second kappa shape index (κ2) is 8.43. The Morgan fingerprint density at radius 1 is 0.867 bits per heavy atom. The number of hydrogen-bond acceptors (Lipinski definition) is 4. The van der Waals surface area contributed by atoms with Crippen molar-refractivity contribution in [2.45, 2.75) is 0 Å². The number of ether oxygens (including phenoxy) is 2. The minimum atomic E-state index is -0.352. The van der Waals surface area contributed by atoms with Crippen molar-refractivity contribution < 1.29 is 14.3 Å². The topological polar surface area (TPSA) is 59.9 Å². The maximum Gasteiger partial charge on any atom is 0.271 e. The maximum absolute atomic E-state index is 12.5. The molecule has 30 heavy (non-hydrogen) atoms. The molecule has 0 unspecified atom stereocenters. The van der Waals surface area contributed by atoms with Gasteiger partial charge in [-0.1, -0.05) is 60.1 Å². The van der Waals surface area contributed by atoms with Crippen molar-refractivity contribution in [1.29, 1.82) is 0 Å². The summed E-state index contributed by atoms with van der Waals surface area (Å²) in [6.07, 6.45) is 1.65. The molecule has 6 heteroatoms. The Hall–Kier alpha value is -3.57. The van der Waals surface area contributed by atoms with Gasteiger partial charge in [0.05, 0.1) is 25.5 Å². The summed E-state index contributed by atoms with van der Waals surface area (Å²) in [6, 6.07) is 20.7. The van der Waals surface area contributed by atoms with E-state index < -0.39 is 0 Å². The summed E-state index contributed by atoms with van der Waals surface area (Å²) < 4.78 is 10.5. The number of hydrazone groups is 1. The number of rotatable bonds is 5. The zero-order valence-corrected chi connectivity index (χ0v) is 17.2. The standard InChI is InChI=1S/C24H19ClN2O3/c1-29-21-12-11-15(13-22(21)30-2)24(28)27-26-14-20-16-7-3-5-9-18(16)23(25)19-10-6-4-8-17(19)20/h3-14H,1-2H3,(H,27,28)/b26-14-. The molecule has 4 rings (SSSR count). The summed E-state index contributed by atoms with van der Waals surface area (Å²) in [4.78, 5) is 12.5. The van der Waals surface area contributed by atoms with Crippen molar-refractivity contribution >= 4 is 45.3 Å². The largest absolute Gasteiger partial charge is 0.493 e. The van der Waals surface area contributed by atoms with Crippen LogP contribution in [0.3, 0.4) is 0 Å². The third kappa shape index (κ3) is 3.55. The fraction of sp³-hybridized carbons (Fsp3) is 0.0833. The van der Waals surface area contributed by atoms with Crippen molar-refractivity contribution in [2.75, 3.05) is 14.2 Å². The van der Waals surface area contributed by atoms with Gasteiger partial charge in [0, 0.05) is 21.9 Å². The van der Waals surface area contributed by atoms with E-state index in [9.17, 15) is 4.79 Å². The lowest BCUT2D eigenvalue weighted by Gasteiger charge is -2.11. The first-order chi connectivity index (χ1) is 14.6. The number of nitrogens with zero attached hydrogens (tertiary/aromatic N) is 1. The molecule has 1 N–H and O–H groups in total. The molecular formula is C24H19ClN2O3. The number of amides is 1. The smallest absolute Gasteiger partial charge is 0.271 e. The van der Waals surface area contributed by atoms with Gasteiger partial charge in [-0.15, -0.1) is 0 Å². The van der Waals surface area contributed by atoms with E-state index in [1.807, 2.05) is 48.5 Å². The number of fused-ring (bicyclic) bond motifs is 2. The first-order valence-corrected chi connectivity index (χ1v) is 9.66. The molecule has 0 spiro atoms. The van der Waals surface area contributed by atoms with Gasteiger partial charge in [0.1, 0.15) is 0 Å². The minimum absolute atomic E-state index is 0.352.